The molecule has 0 heterocycles. The summed E-state index contributed by atoms with van der Waals surface area (Å²) < 4.78 is 0. The SMILES string of the molecule is CC(C)(CCCCCN)C(CN)=NO. The fourth-order valence-electron chi connectivity index (χ4n) is 1.48. The van der Waals surface area contributed by atoms with Crippen LogP contribution in [0.5, 0.6) is 0 Å². The van der Waals surface area contributed by atoms with E-state index < -0.39 is 0 Å². The smallest absolute Gasteiger partial charge is 0.0762 e. The Labute approximate surface area is 86.3 Å². The number of unbranched alkanes of at least 4 members (excludes halogenated alkanes) is 2. The molecule has 0 aliphatic rings. The van der Waals surface area contributed by atoms with Gasteiger partial charge in [0.2, 0.25) is 0 Å². The van der Waals surface area contributed by atoms with E-state index >= 15 is 0 Å². The summed E-state index contributed by atoms with van der Waals surface area (Å²) in [6.07, 6.45) is 4.28. The molecule has 0 aliphatic carbocycles. The van der Waals surface area contributed by atoms with E-state index in [-0.39, 0.29) is 5.41 Å². The van der Waals surface area contributed by atoms with Crippen molar-refractivity contribution >= 4 is 5.71 Å². The summed E-state index contributed by atoms with van der Waals surface area (Å²) >= 11 is 0. The summed E-state index contributed by atoms with van der Waals surface area (Å²) in [7, 11) is 0. The maximum Gasteiger partial charge on any atom is 0.0762 e. The van der Waals surface area contributed by atoms with Crippen LogP contribution in [0.4, 0.5) is 0 Å². The van der Waals surface area contributed by atoms with Gasteiger partial charge in [-0.05, 0) is 19.4 Å². The second-order valence-corrected chi connectivity index (χ2v) is 4.23. The van der Waals surface area contributed by atoms with Gasteiger partial charge in [0.25, 0.3) is 0 Å². The summed E-state index contributed by atoms with van der Waals surface area (Å²) in [6, 6.07) is 0. The van der Waals surface area contributed by atoms with E-state index in [0.29, 0.717) is 12.3 Å². The summed E-state index contributed by atoms with van der Waals surface area (Å²) in [5.41, 5.74) is 11.5. The Kier molecular flexibility index (Phi) is 6.49. The van der Waals surface area contributed by atoms with Crippen molar-refractivity contribution in [1.82, 2.24) is 0 Å². The number of nitrogens with zero attached hydrogens (tertiary/aromatic N) is 1. The molecule has 5 N–H and O–H groups in total. The Balaban J connectivity index is 3.93. The first-order valence-electron chi connectivity index (χ1n) is 5.20. The predicted octanol–water partition coefficient (Wildman–Crippen LogP) is 1.32. The number of hydrogen-bond acceptors (Lipinski definition) is 4. The van der Waals surface area contributed by atoms with E-state index in [2.05, 4.69) is 19.0 Å². The third-order valence-corrected chi connectivity index (χ3v) is 2.60. The molecule has 0 spiro atoms. The zero-order valence-electron chi connectivity index (χ0n) is 9.29. The zero-order valence-corrected chi connectivity index (χ0v) is 9.29. The van der Waals surface area contributed by atoms with Gasteiger partial charge in [-0.2, -0.15) is 0 Å². The lowest BCUT2D eigenvalue weighted by atomic mass is 9.82. The lowest BCUT2D eigenvalue weighted by Gasteiger charge is -2.24. The quantitative estimate of drug-likeness (QED) is 0.251. The van der Waals surface area contributed by atoms with Crippen molar-refractivity contribution < 1.29 is 5.21 Å². The van der Waals surface area contributed by atoms with Crippen molar-refractivity contribution in [3.63, 3.8) is 0 Å². The average molecular weight is 201 g/mol. The largest absolute Gasteiger partial charge is 0.411 e. The van der Waals surface area contributed by atoms with E-state index in [1.165, 1.54) is 0 Å². The molecule has 0 saturated carbocycles. The van der Waals surface area contributed by atoms with Crippen molar-refractivity contribution in [1.29, 1.82) is 0 Å². The van der Waals surface area contributed by atoms with Gasteiger partial charge < -0.3 is 16.7 Å². The fourth-order valence-corrected chi connectivity index (χ4v) is 1.48. The van der Waals surface area contributed by atoms with Gasteiger partial charge in [-0.15, -0.1) is 0 Å². The highest BCUT2D eigenvalue weighted by molar-refractivity contribution is 5.90. The molecule has 0 rings (SSSR count). The van der Waals surface area contributed by atoms with Crippen LogP contribution in [0.1, 0.15) is 39.5 Å². The number of oxime groups is 1. The molecule has 84 valence electrons. The Morgan fingerprint density at radius 3 is 2.29 bits per heavy atom. The standard InChI is InChI=1S/C10H23N3O/c1-10(2,9(8-12)13-14)6-4-3-5-7-11/h14H,3-8,11-12H2,1-2H3. The number of nitrogens with two attached hydrogens (primary N) is 2. The zero-order chi connectivity index (χ0) is 11.0. The molecular formula is C10H23N3O. The maximum atomic E-state index is 8.75. The molecule has 0 saturated heterocycles. The number of rotatable bonds is 7. The van der Waals surface area contributed by atoms with Crippen molar-refractivity contribution in [2.24, 2.45) is 22.0 Å². The minimum Gasteiger partial charge on any atom is -0.411 e. The minimum absolute atomic E-state index is 0.0991. The Morgan fingerprint density at radius 2 is 1.86 bits per heavy atom. The number of hydrogen-bond donors (Lipinski definition) is 3. The van der Waals surface area contributed by atoms with E-state index in [4.69, 9.17) is 16.7 Å². The minimum atomic E-state index is -0.0991. The average Bonchev–Trinajstić information content (AvgIpc) is 2.14. The predicted molar refractivity (Wildman–Crippen MR) is 59.6 cm³/mol. The van der Waals surface area contributed by atoms with Gasteiger partial charge in [-0.25, -0.2) is 0 Å². The summed E-state index contributed by atoms with van der Waals surface area (Å²) in [4.78, 5) is 0. The first-order valence-corrected chi connectivity index (χ1v) is 5.20. The van der Waals surface area contributed by atoms with Gasteiger partial charge in [-0.3, -0.25) is 0 Å². The second-order valence-electron chi connectivity index (χ2n) is 4.23. The lowest BCUT2D eigenvalue weighted by Crippen LogP contribution is -2.31. The Hall–Kier alpha value is -0.610. The molecule has 14 heavy (non-hydrogen) atoms. The van der Waals surface area contributed by atoms with Crippen LogP contribution < -0.4 is 11.5 Å². The van der Waals surface area contributed by atoms with E-state index in [0.717, 1.165) is 32.2 Å². The van der Waals surface area contributed by atoms with Crippen LogP contribution in [0.15, 0.2) is 5.16 Å². The molecule has 0 unspecified atom stereocenters. The van der Waals surface area contributed by atoms with Gasteiger partial charge in [0.05, 0.1) is 5.71 Å². The van der Waals surface area contributed by atoms with E-state index in [1.807, 2.05) is 0 Å². The highest BCUT2D eigenvalue weighted by atomic mass is 16.4. The van der Waals surface area contributed by atoms with Crippen LogP contribution in [-0.2, 0) is 0 Å². The van der Waals surface area contributed by atoms with Crippen LogP contribution in [-0.4, -0.2) is 24.0 Å². The van der Waals surface area contributed by atoms with Gasteiger partial charge >= 0.3 is 0 Å². The molecule has 0 bridgehead atoms. The van der Waals surface area contributed by atoms with Crippen molar-refractivity contribution in [2.45, 2.75) is 39.5 Å². The third-order valence-electron chi connectivity index (χ3n) is 2.60. The normalized spacial score (nSPS) is 13.3. The first kappa shape index (κ1) is 13.4. The van der Waals surface area contributed by atoms with Gasteiger partial charge in [0, 0.05) is 12.0 Å². The van der Waals surface area contributed by atoms with Gasteiger partial charge in [0.15, 0.2) is 0 Å². The maximum absolute atomic E-state index is 8.75. The van der Waals surface area contributed by atoms with E-state index in [1.54, 1.807) is 0 Å². The summed E-state index contributed by atoms with van der Waals surface area (Å²) in [5.74, 6) is 0. The highest BCUT2D eigenvalue weighted by Crippen LogP contribution is 2.25. The summed E-state index contributed by atoms with van der Waals surface area (Å²) in [5, 5.41) is 12.0. The van der Waals surface area contributed by atoms with Crippen LogP contribution in [0.3, 0.4) is 0 Å². The van der Waals surface area contributed by atoms with E-state index in [9.17, 15) is 0 Å². The Bertz CT molecular complexity index is 178. The Morgan fingerprint density at radius 1 is 1.21 bits per heavy atom. The molecule has 0 amide bonds. The molecule has 0 radical (unpaired) electrons. The fraction of sp³-hybridized carbons (Fsp3) is 0.900. The topological polar surface area (TPSA) is 84.6 Å². The molecule has 0 aliphatic heterocycles. The first-order chi connectivity index (χ1) is 6.58. The van der Waals surface area contributed by atoms with Crippen molar-refractivity contribution in [3.8, 4) is 0 Å². The monoisotopic (exact) mass is 201 g/mol. The molecule has 0 fully saturated rings. The van der Waals surface area contributed by atoms with Gasteiger partial charge in [0.1, 0.15) is 0 Å². The van der Waals surface area contributed by atoms with Crippen LogP contribution in [0.2, 0.25) is 0 Å². The van der Waals surface area contributed by atoms with Crippen LogP contribution >= 0.6 is 0 Å². The lowest BCUT2D eigenvalue weighted by molar-refractivity contribution is 0.304. The molecule has 0 aromatic carbocycles. The molecule has 0 aromatic heterocycles. The molecular weight excluding hydrogens is 178 g/mol. The van der Waals surface area contributed by atoms with Crippen LogP contribution in [0, 0.1) is 5.41 Å². The molecule has 4 nitrogen and oxygen atoms in total. The molecule has 4 heteroatoms. The van der Waals surface area contributed by atoms with Crippen molar-refractivity contribution in [3.05, 3.63) is 0 Å². The summed E-state index contributed by atoms with van der Waals surface area (Å²) in [6.45, 7) is 5.17. The second kappa shape index (κ2) is 6.79. The van der Waals surface area contributed by atoms with Crippen LogP contribution in [0.25, 0.3) is 0 Å². The van der Waals surface area contributed by atoms with Gasteiger partial charge in [-0.1, -0.05) is 31.8 Å². The van der Waals surface area contributed by atoms with Crippen molar-refractivity contribution in [2.75, 3.05) is 13.1 Å². The highest BCUT2D eigenvalue weighted by Gasteiger charge is 2.23. The third kappa shape index (κ3) is 4.58. The molecule has 0 atom stereocenters. The molecule has 0 aromatic rings.